The Labute approximate surface area is 156 Å². The summed E-state index contributed by atoms with van der Waals surface area (Å²) in [5.41, 5.74) is 6.17. The lowest BCUT2D eigenvalue weighted by atomic mass is 9.97. The highest BCUT2D eigenvalue weighted by Gasteiger charge is 2.31. The van der Waals surface area contributed by atoms with Crippen LogP contribution < -0.4 is 0 Å². The molecule has 0 radical (unpaired) electrons. The van der Waals surface area contributed by atoms with Gasteiger partial charge >= 0.3 is 0 Å². The van der Waals surface area contributed by atoms with Gasteiger partial charge < -0.3 is 9.55 Å². The molecule has 4 aromatic rings. The molecular formula is C20H19N5S. The molecule has 6 heteroatoms. The van der Waals surface area contributed by atoms with Crippen molar-refractivity contribution in [3.05, 3.63) is 88.7 Å². The van der Waals surface area contributed by atoms with Crippen molar-refractivity contribution in [1.29, 1.82) is 0 Å². The van der Waals surface area contributed by atoms with Crippen molar-refractivity contribution in [3.63, 3.8) is 0 Å². The van der Waals surface area contributed by atoms with Crippen molar-refractivity contribution in [3.8, 4) is 5.69 Å². The number of aromatic nitrogens is 4. The number of hydrogen-bond donors (Lipinski definition) is 1. The molecule has 0 amide bonds. The molecule has 0 fully saturated rings. The molecule has 0 spiro atoms. The first-order chi connectivity index (χ1) is 12.9. The van der Waals surface area contributed by atoms with Crippen LogP contribution in [0.2, 0.25) is 0 Å². The standard InChI is InChI=1S/C20H19N5S/c1-2-17(25(9-1)16-3-7-21-8-4-16)12-24-10-5-18-19(23-14-22-18)20(24)15-6-11-26-13-15/h1-4,6-9,11,13-14,20H,5,10,12H2,(H,22,23). The van der Waals surface area contributed by atoms with Crippen LogP contribution in [0, 0.1) is 0 Å². The quantitative estimate of drug-likeness (QED) is 0.601. The molecule has 1 N–H and O–H groups in total. The van der Waals surface area contributed by atoms with Gasteiger partial charge in [0.2, 0.25) is 0 Å². The van der Waals surface area contributed by atoms with Crippen molar-refractivity contribution in [2.75, 3.05) is 6.54 Å². The van der Waals surface area contributed by atoms with E-state index in [-0.39, 0.29) is 6.04 Å². The van der Waals surface area contributed by atoms with E-state index in [1.54, 1.807) is 11.3 Å². The lowest BCUT2D eigenvalue weighted by Gasteiger charge is -2.34. The van der Waals surface area contributed by atoms with Crippen molar-refractivity contribution in [2.45, 2.75) is 19.0 Å². The number of aromatic amines is 1. The van der Waals surface area contributed by atoms with Gasteiger partial charge in [-0.05, 0) is 46.7 Å². The second-order valence-electron chi connectivity index (χ2n) is 6.52. The fourth-order valence-corrected chi connectivity index (χ4v) is 4.48. The van der Waals surface area contributed by atoms with E-state index < -0.39 is 0 Å². The van der Waals surface area contributed by atoms with Crippen LogP contribution in [0.25, 0.3) is 5.69 Å². The highest BCUT2D eigenvalue weighted by Crippen LogP contribution is 2.35. The van der Waals surface area contributed by atoms with Crippen LogP contribution >= 0.6 is 11.3 Å². The van der Waals surface area contributed by atoms with Gasteiger partial charge in [0, 0.05) is 55.2 Å². The molecule has 5 nitrogen and oxygen atoms in total. The van der Waals surface area contributed by atoms with Crippen LogP contribution in [0.4, 0.5) is 0 Å². The van der Waals surface area contributed by atoms with Gasteiger partial charge in [0.1, 0.15) is 0 Å². The van der Waals surface area contributed by atoms with E-state index >= 15 is 0 Å². The molecule has 5 rings (SSSR count). The molecule has 1 aliphatic heterocycles. The van der Waals surface area contributed by atoms with Crippen molar-refractivity contribution < 1.29 is 0 Å². The predicted octanol–water partition coefficient (Wildman–Crippen LogP) is 3.80. The van der Waals surface area contributed by atoms with Gasteiger partial charge in [0.05, 0.1) is 18.1 Å². The minimum atomic E-state index is 0.206. The Bertz CT molecular complexity index is 986. The second-order valence-corrected chi connectivity index (χ2v) is 7.30. The normalized spacial score (nSPS) is 17.3. The number of thiophene rings is 1. The highest BCUT2D eigenvalue weighted by molar-refractivity contribution is 7.08. The molecule has 0 bridgehead atoms. The zero-order valence-corrected chi connectivity index (χ0v) is 15.1. The Hall–Kier alpha value is -2.70. The lowest BCUT2D eigenvalue weighted by molar-refractivity contribution is 0.197. The van der Waals surface area contributed by atoms with Crippen molar-refractivity contribution in [1.82, 2.24) is 24.4 Å². The summed E-state index contributed by atoms with van der Waals surface area (Å²) in [6, 6.07) is 10.8. The van der Waals surface area contributed by atoms with Crippen LogP contribution in [0.5, 0.6) is 0 Å². The monoisotopic (exact) mass is 361 g/mol. The molecule has 1 aliphatic rings. The third kappa shape index (κ3) is 2.67. The van der Waals surface area contributed by atoms with Gasteiger partial charge in [0.25, 0.3) is 0 Å². The Morgan fingerprint density at radius 1 is 1.19 bits per heavy atom. The first kappa shape index (κ1) is 15.5. The molecule has 1 atom stereocenters. The summed E-state index contributed by atoms with van der Waals surface area (Å²) < 4.78 is 2.24. The number of nitrogens with one attached hydrogen (secondary N) is 1. The number of imidazole rings is 1. The highest BCUT2D eigenvalue weighted by atomic mass is 32.1. The van der Waals surface area contributed by atoms with Crippen LogP contribution in [0.15, 0.2) is 66.0 Å². The first-order valence-corrected chi connectivity index (χ1v) is 9.69. The molecule has 130 valence electrons. The average Bonchev–Trinajstić information content (AvgIpc) is 3.44. The Balaban J connectivity index is 1.50. The molecular weight excluding hydrogens is 342 g/mol. The number of pyridine rings is 1. The third-order valence-electron chi connectivity index (χ3n) is 5.02. The summed E-state index contributed by atoms with van der Waals surface area (Å²) in [7, 11) is 0. The summed E-state index contributed by atoms with van der Waals surface area (Å²) >= 11 is 1.74. The van der Waals surface area contributed by atoms with Crippen LogP contribution in [-0.4, -0.2) is 31.0 Å². The van der Waals surface area contributed by atoms with Gasteiger partial charge in [-0.1, -0.05) is 0 Å². The first-order valence-electron chi connectivity index (χ1n) is 8.75. The maximum Gasteiger partial charge on any atom is 0.0926 e. The van der Waals surface area contributed by atoms with E-state index in [9.17, 15) is 0 Å². The fraction of sp³-hybridized carbons (Fsp3) is 0.200. The largest absolute Gasteiger partial charge is 0.348 e. The lowest BCUT2D eigenvalue weighted by Crippen LogP contribution is -2.36. The van der Waals surface area contributed by atoms with Crippen molar-refractivity contribution in [2.24, 2.45) is 0 Å². The Kier molecular flexibility index (Phi) is 3.92. The van der Waals surface area contributed by atoms with Gasteiger partial charge in [-0.25, -0.2) is 4.98 Å². The molecule has 0 aromatic carbocycles. The van der Waals surface area contributed by atoms with Gasteiger partial charge in [-0.2, -0.15) is 11.3 Å². The van der Waals surface area contributed by atoms with E-state index in [2.05, 4.69) is 59.6 Å². The molecule has 0 aliphatic carbocycles. The van der Waals surface area contributed by atoms with E-state index in [1.807, 2.05) is 30.9 Å². The summed E-state index contributed by atoms with van der Waals surface area (Å²) in [5, 5.41) is 4.39. The average molecular weight is 361 g/mol. The van der Waals surface area contributed by atoms with Crippen LogP contribution in [0.3, 0.4) is 0 Å². The van der Waals surface area contributed by atoms with E-state index in [4.69, 9.17) is 0 Å². The maximum atomic E-state index is 4.65. The van der Waals surface area contributed by atoms with Crippen LogP contribution in [0.1, 0.15) is 28.7 Å². The van der Waals surface area contributed by atoms with Gasteiger partial charge in [-0.3, -0.25) is 9.88 Å². The number of rotatable bonds is 4. The van der Waals surface area contributed by atoms with Crippen LogP contribution in [-0.2, 0) is 13.0 Å². The molecule has 0 saturated carbocycles. The number of fused-ring (bicyclic) bond motifs is 1. The molecule has 26 heavy (non-hydrogen) atoms. The predicted molar refractivity (Wildman–Crippen MR) is 102 cm³/mol. The van der Waals surface area contributed by atoms with E-state index in [0.717, 1.165) is 30.9 Å². The van der Waals surface area contributed by atoms with Crippen molar-refractivity contribution >= 4 is 11.3 Å². The second kappa shape index (κ2) is 6.55. The summed E-state index contributed by atoms with van der Waals surface area (Å²) in [4.78, 5) is 14.6. The summed E-state index contributed by atoms with van der Waals surface area (Å²) in [5.74, 6) is 0. The zero-order valence-electron chi connectivity index (χ0n) is 14.2. The summed E-state index contributed by atoms with van der Waals surface area (Å²) in [6.07, 6.45) is 8.63. The molecule has 1 unspecified atom stereocenters. The summed E-state index contributed by atoms with van der Waals surface area (Å²) in [6.45, 7) is 1.89. The zero-order chi connectivity index (χ0) is 17.3. The van der Waals surface area contributed by atoms with E-state index in [0.29, 0.717) is 0 Å². The van der Waals surface area contributed by atoms with E-state index in [1.165, 1.54) is 17.0 Å². The minimum absolute atomic E-state index is 0.206. The third-order valence-corrected chi connectivity index (χ3v) is 5.72. The number of H-pyrrole nitrogens is 1. The number of hydrogen-bond acceptors (Lipinski definition) is 4. The molecule has 4 aromatic heterocycles. The number of nitrogens with zero attached hydrogens (tertiary/aromatic N) is 4. The Morgan fingerprint density at radius 2 is 2.12 bits per heavy atom. The molecule has 5 heterocycles. The van der Waals surface area contributed by atoms with Gasteiger partial charge in [0.15, 0.2) is 0 Å². The minimum Gasteiger partial charge on any atom is -0.348 e. The SMILES string of the molecule is c1cc(CN2CCc3[nH]cnc3C2c2ccsc2)n(-c2ccncc2)c1. The maximum absolute atomic E-state index is 4.65. The smallest absolute Gasteiger partial charge is 0.0926 e. The fourth-order valence-electron chi connectivity index (χ4n) is 3.80. The topological polar surface area (TPSA) is 49.7 Å². The molecule has 0 saturated heterocycles. The van der Waals surface area contributed by atoms with Gasteiger partial charge in [-0.15, -0.1) is 0 Å². The Morgan fingerprint density at radius 3 is 2.96 bits per heavy atom.